The van der Waals surface area contributed by atoms with Gasteiger partial charge in [-0.3, -0.25) is 14.6 Å². The summed E-state index contributed by atoms with van der Waals surface area (Å²) >= 11 is 0. The van der Waals surface area contributed by atoms with Gasteiger partial charge in [0.15, 0.2) is 0 Å². The number of carbonyl (C=O) groups is 2. The van der Waals surface area contributed by atoms with Gasteiger partial charge in [0, 0.05) is 43.4 Å². The Balaban J connectivity index is 1.38. The van der Waals surface area contributed by atoms with Crippen molar-refractivity contribution in [2.24, 2.45) is 0 Å². The van der Waals surface area contributed by atoms with Gasteiger partial charge in [-0.05, 0) is 61.4 Å². The van der Waals surface area contributed by atoms with Gasteiger partial charge < -0.3 is 19.9 Å². The van der Waals surface area contributed by atoms with Gasteiger partial charge in [-0.1, -0.05) is 30.3 Å². The summed E-state index contributed by atoms with van der Waals surface area (Å²) in [5.41, 5.74) is 2.93. The first-order valence-corrected chi connectivity index (χ1v) is 13.2. The summed E-state index contributed by atoms with van der Waals surface area (Å²) < 4.78 is 7.02. The van der Waals surface area contributed by atoms with Crippen molar-refractivity contribution in [1.82, 2.24) is 24.9 Å². The molecule has 0 saturated carbocycles. The van der Waals surface area contributed by atoms with Gasteiger partial charge in [-0.2, -0.15) is 0 Å². The van der Waals surface area contributed by atoms with Crippen LogP contribution >= 0.6 is 0 Å². The van der Waals surface area contributed by atoms with E-state index in [9.17, 15) is 9.59 Å². The Bertz CT molecular complexity index is 1420. The molecule has 3 heterocycles. The Kier molecular flexibility index (Phi) is 7.83. The monoisotopic (exact) mass is 527 g/mol. The molecule has 1 aliphatic heterocycles. The van der Waals surface area contributed by atoms with Crippen LogP contribution in [-0.2, 0) is 27.4 Å². The van der Waals surface area contributed by atoms with E-state index < -0.39 is 5.54 Å². The fraction of sp³-hybridized carbons (Fsp3) is 0.345. The minimum absolute atomic E-state index is 0.0438. The van der Waals surface area contributed by atoms with Crippen LogP contribution in [0.25, 0.3) is 11.0 Å². The molecule has 2 amide bonds. The number of para-hydroxylation sites is 1. The van der Waals surface area contributed by atoms with Crippen molar-refractivity contribution in [3.8, 4) is 0 Å². The Hall–Kier alpha value is -4.31. The first-order valence-electron chi connectivity index (χ1n) is 13.2. The molecule has 1 fully saturated rings. The van der Waals surface area contributed by atoms with Crippen LogP contribution in [0.5, 0.6) is 0 Å². The van der Waals surface area contributed by atoms with Crippen molar-refractivity contribution in [3.63, 3.8) is 0 Å². The van der Waals surface area contributed by atoms with Crippen LogP contribution in [0.15, 0.2) is 73.1 Å². The van der Waals surface area contributed by atoms with Crippen molar-refractivity contribution < 1.29 is 14.3 Å². The molecule has 2 aromatic carbocycles. The second-order valence-electron chi connectivity index (χ2n) is 9.80. The van der Waals surface area contributed by atoms with E-state index in [-0.39, 0.29) is 24.9 Å². The van der Waals surface area contributed by atoms with E-state index in [1.165, 1.54) is 0 Å². The molecule has 4 aromatic rings. The second-order valence-corrected chi connectivity index (χ2v) is 9.80. The highest BCUT2D eigenvalue weighted by molar-refractivity contribution is 6.00. The van der Waals surface area contributed by atoms with Crippen molar-refractivity contribution in [1.29, 1.82) is 0 Å². The van der Waals surface area contributed by atoms with E-state index >= 15 is 0 Å². The number of benzene rings is 2. The summed E-state index contributed by atoms with van der Waals surface area (Å²) in [4.78, 5) is 35.8. The van der Waals surface area contributed by atoms with Gasteiger partial charge in [0.2, 0.25) is 11.8 Å². The minimum atomic E-state index is -1.13. The van der Waals surface area contributed by atoms with Gasteiger partial charge in [0.05, 0.1) is 18.7 Å². The number of pyridine rings is 1. The number of hydrogen-bond donors (Lipinski definition) is 1. The van der Waals surface area contributed by atoms with Crippen LogP contribution in [-0.4, -0.2) is 68.5 Å². The molecule has 10 nitrogen and oxygen atoms in total. The van der Waals surface area contributed by atoms with Crippen molar-refractivity contribution in [2.45, 2.75) is 38.9 Å². The van der Waals surface area contributed by atoms with E-state index in [2.05, 4.69) is 25.5 Å². The molecular formula is C29H33N7O3. The maximum Gasteiger partial charge on any atom is 0.250 e. The second kappa shape index (κ2) is 11.6. The summed E-state index contributed by atoms with van der Waals surface area (Å²) in [6, 6.07) is 19.0. The number of morpholine rings is 1. The van der Waals surface area contributed by atoms with E-state index in [1.807, 2.05) is 67.6 Å². The van der Waals surface area contributed by atoms with Crippen LogP contribution in [0.4, 0.5) is 11.4 Å². The zero-order valence-corrected chi connectivity index (χ0v) is 22.3. The molecule has 0 spiro atoms. The summed E-state index contributed by atoms with van der Waals surface area (Å²) in [6.07, 6.45) is 3.81. The molecule has 39 heavy (non-hydrogen) atoms. The Morgan fingerprint density at radius 3 is 2.54 bits per heavy atom. The maximum absolute atomic E-state index is 13.9. The molecule has 5 rings (SSSR count). The van der Waals surface area contributed by atoms with Crippen molar-refractivity contribution in [3.05, 3.63) is 78.6 Å². The zero-order valence-electron chi connectivity index (χ0n) is 22.3. The number of fused-ring (bicyclic) bond motifs is 1. The lowest BCUT2D eigenvalue weighted by atomic mass is 9.93. The van der Waals surface area contributed by atoms with Crippen molar-refractivity contribution in [2.75, 3.05) is 36.5 Å². The molecule has 1 saturated heterocycles. The fourth-order valence-electron chi connectivity index (χ4n) is 4.78. The first kappa shape index (κ1) is 26.3. The number of amides is 2. The molecule has 1 atom stereocenters. The van der Waals surface area contributed by atoms with Crippen LogP contribution in [0.2, 0.25) is 0 Å². The highest BCUT2D eigenvalue weighted by Gasteiger charge is 2.41. The Morgan fingerprint density at radius 1 is 1.05 bits per heavy atom. The van der Waals surface area contributed by atoms with E-state index in [1.54, 1.807) is 28.9 Å². The number of nitrogens with zero attached hydrogens (tertiary/aromatic N) is 6. The molecule has 10 heteroatoms. The van der Waals surface area contributed by atoms with E-state index in [0.29, 0.717) is 30.8 Å². The van der Waals surface area contributed by atoms with Crippen LogP contribution in [0, 0.1) is 0 Å². The molecule has 1 unspecified atom stereocenters. The lowest BCUT2D eigenvalue weighted by Gasteiger charge is -2.39. The largest absolute Gasteiger partial charge is 0.378 e. The quantitative estimate of drug-likeness (QED) is 0.355. The summed E-state index contributed by atoms with van der Waals surface area (Å²) in [7, 11) is 0. The third-order valence-corrected chi connectivity index (χ3v) is 7.34. The molecule has 202 valence electrons. The predicted molar refractivity (Wildman–Crippen MR) is 149 cm³/mol. The topological polar surface area (TPSA) is 105 Å². The van der Waals surface area contributed by atoms with Gasteiger partial charge in [0.1, 0.15) is 17.6 Å². The summed E-state index contributed by atoms with van der Waals surface area (Å²) in [5.74, 6) is -0.499. The Labute approximate surface area is 227 Å². The smallest absolute Gasteiger partial charge is 0.250 e. The van der Waals surface area contributed by atoms with Crippen LogP contribution < -0.4 is 10.2 Å². The van der Waals surface area contributed by atoms with Gasteiger partial charge in [0.25, 0.3) is 0 Å². The molecular weight excluding hydrogens is 494 g/mol. The van der Waals surface area contributed by atoms with E-state index in [0.717, 1.165) is 29.9 Å². The van der Waals surface area contributed by atoms with Crippen molar-refractivity contribution >= 4 is 34.2 Å². The van der Waals surface area contributed by atoms with Gasteiger partial charge in [-0.25, -0.2) is 4.68 Å². The number of aromatic nitrogens is 4. The number of hydrogen-bond acceptors (Lipinski definition) is 7. The number of nitrogens with one attached hydrogen (secondary N) is 1. The molecule has 0 radical (unpaired) electrons. The third-order valence-electron chi connectivity index (χ3n) is 7.34. The fourth-order valence-corrected chi connectivity index (χ4v) is 4.78. The SMILES string of the molecule is CCC(C)(C(=O)Nc1ccc(N2CCOCC2)cc1)N(Cc1cccnc1)C(=O)Cn1nnc2ccccc21. The molecule has 1 N–H and O–H groups in total. The number of ether oxygens (including phenoxy) is 1. The molecule has 0 aliphatic carbocycles. The highest BCUT2D eigenvalue weighted by Crippen LogP contribution is 2.27. The highest BCUT2D eigenvalue weighted by atomic mass is 16.5. The molecule has 2 aromatic heterocycles. The average molecular weight is 528 g/mol. The predicted octanol–water partition coefficient (Wildman–Crippen LogP) is 3.50. The number of rotatable bonds is 9. The first-order chi connectivity index (χ1) is 19.0. The van der Waals surface area contributed by atoms with Gasteiger partial charge in [-0.15, -0.1) is 5.10 Å². The normalized spacial score (nSPS) is 15.1. The summed E-state index contributed by atoms with van der Waals surface area (Å²) in [6.45, 7) is 6.99. The third kappa shape index (κ3) is 5.75. The average Bonchev–Trinajstić information content (AvgIpc) is 3.39. The number of anilines is 2. The van der Waals surface area contributed by atoms with Crippen LogP contribution in [0.1, 0.15) is 25.8 Å². The lowest BCUT2D eigenvalue weighted by molar-refractivity contribution is -0.146. The lowest BCUT2D eigenvalue weighted by Crippen LogP contribution is -2.57. The number of carbonyl (C=O) groups excluding carboxylic acids is 2. The zero-order chi connectivity index (χ0) is 27.2. The van der Waals surface area contributed by atoms with Crippen LogP contribution in [0.3, 0.4) is 0 Å². The standard InChI is InChI=1S/C29H33N7O3/c1-3-29(2,28(38)31-23-10-12-24(13-11-23)34-15-17-39-18-16-34)35(20-22-7-6-14-30-19-22)27(37)21-36-26-9-5-4-8-25(26)32-33-36/h4-14,19H,3,15-18,20-21H2,1-2H3,(H,31,38). The molecule has 0 bridgehead atoms. The van der Waals surface area contributed by atoms with E-state index in [4.69, 9.17) is 4.74 Å². The Morgan fingerprint density at radius 2 is 1.82 bits per heavy atom. The molecule has 1 aliphatic rings. The van der Waals surface area contributed by atoms with Gasteiger partial charge >= 0.3 is 0 Å². The maximum atomic E-state index is 13.9. The minimum Gasteiger partial charge on any atom is -0.378 e. The summed E-state index contributed by atoms with van der Waals surface area (Å²) in [5, 5.41) is 11.4.